The molecule has 1 fully saturated rings. The third kappa shape index (κ3) is 2.12. The zero-order chi connectivity index (χ0) is 12.7. The average molecular weight is 285 g/mol. The molecular weight excluding hydrogens is 272 g/mol. The standard InChI is InChI=1S/C10H13ClN6S/c1-6-8(9(11)16(2)13-6)5-18-10-12-14-15-17(10)7-3-4-7/h7H,3-5H2,1-2H3. The monoisotopic (exact) mass is 284 g/mol. The van der Waals surface area contributed by atoms with Crippen LogP contribution >= 0.6 is 23.4 Å². The highest BCUT2D eigenvalue weighted by atomic mass is 35.5. The third-order valence-electron chi connectivity index (χ3n) is 2.97. The Kier molecular flexibility index (Phi) is 3.03. The topological polar surface area (TPSA) is 61.4 Å². The molecular formula is C10H13ClN6S. The van der Waals surface area contributed by atoms with E-state index < -0.39 is 0 Å². The van der Waals surface area contributed by atoms with Crippen LogP contribution in [-0.4, -0.2) is 30.0 Å². The number of hydrogen-bond acceptors (Lipinski definition) is 5. The molecule has 96 valence electrons. The van der Waals surface area contributed by atoms with E-state index in [2.05, 4.69) is 20.6 Å². The number of hydrogen-bond donors (Lipinski definition) is 0. The van der Waals surface area contributed by atoms with Gasteiger partial charge in [-0.2, -0.15) is 5.10 Å². The van der Waals surface area contributed by atoms with Gasteiger partial charge >= 0.3 is 0 Å². The highest BCUT2D eigenvalue weighted by molar-refractivity contribution is 7.98. The molecule has 1 saturated carbocycles. The lowest BCUT2D eigenvalue weighted by Gasteiger charge is -2.02. The van der Waals surface area contributed by atoms with Gasteiger partial charge in [0.25, 0.3) is 0 Å². The van der Waals surface area contributed by atoms with Crippen molar-refractivity contribution < 1.29 is 0 Å². The van der Waals surface area contributed by atoms with Crippen molar-refractivity contribution in [2.75, 3.05) is 0 Å². The van der Waals surface area contributed by atoms with Crippen LogP contribution < -0.4 is 0 Å². The molecule has 6 nitrogen and oxygen atoms in total. The molecule has 0 unspecified atom stereocenters. The number of thioether (sulfide) groups is 1. The minimum Gasteiger partial charge on any atom is -0.257 e. The van der Waals surface area contributed by atoms with Gasteiger partial charge in [-0.3, -0.25) is 4.68 Å². The summed E-state index contributed by atoms with van der Waals surface area (Å²) in [6, 6.07) is 0.493. The molecule has 2 aromatic heterocycles. The summed E-state index contributed by atoms with van der Waals surface area (Å²) < 4.78 is 3.60. The second-order valence-electron chi connectivity index (χ2n) is 4.40. The second kappa shape index (κ2) is 4.55. The summed E-state index contributed by atoms with van der Waals surface area (Å²) in [4.78, 5) is 0. The van der Waals surface area contributed by atoms with Crippen LogP contribution in [0.3, 0.4) is 0 Å². The number of nitrogens with zero attached hydrogens (tertiary/aromatic N) is 6. The molecule has 0 N–H and O–H groups in total. The Morgan fingerprint density at radius 2 is 2.22 bits per heavy atom. The molecule has 0 amide bonds. The summed E-state index contributed by atoms with van der Waals surface area (Å²) in [6.45, 7) is 1.96. The first-order chi connectivity index (χ1) is 8.66. The first-order valence-corrected chi connectivity index (χ1v) is 7.12. The van der Waals surface area contributed by atoms with Gasteiger partial charge in [-0.05, 0) is 30.2 Å². The number of aryl methyl sites for hydroxylation is 2. The van der Waals surface area contributed by atoms with E-state index >= 15 is 0 Å². The molecule has 0 aliphatic heterocycles. The maximum Gasteiger partial charge on any atom is 0.209 e. The summed E-state index contributed by atoms with van der Waals surface area (Å²) in [5, 5.41) is 17.6. The van der Waals surface area contributed by atoms with Crippen LogP contribution in [0.25, 0.3) is 0 Å². The lowest BCUT2D eigenvalue weighted by Crippen LogP contribution is -1.99. The Labute approximate surface area is 114 Å². The molecule has 2 heterocycles. The molecule has 0 atom stereocenters. The Bertz CT molecular complexity index is 573. The zero-order valence-electron chi connectivity index (χ0n) is 10.2. The van der Waals surface area contributed by atoms with Crippen molar-refractivity contribution in [1.82, 2.24) is 30.0 Å². The van der Waals surface area contributed by atoms with E-state index in [-0.39, 0.29) is 0 Å². The minimum absolute atomic E-state index is 0.493. The summed E-state index contributed by atoms with van der Waals surface area (Å²) >= 11 is 7.80. The van der Waals surface area contributed by atoms with Gasteiger partial charge in [0.2, 0.25) is 5.16 Å². The summed E-state index contributed by atoms with van der Waals surface area (Å²) in [7, 11) is 1.84. The molecule has 18 heavy (non-hydrogen) atoms. The predicted octanol–water partition coefficient (Wildman–Crippen LogP) is 2.00. The van der Waals surface area contributed by atoms with Gasteiger partial charge in [-0.15, -0.1) is 5.10 Å². The Morgan fingerprint density at radius 1 is 1.44 bits per heavy atom. The predicted molar refractivity (Wildman–Crippen MR) is 68.6 cm³/mol. The average Bonchev–Trinajstić information content (AvgIpc) is 3.03. The van der Waals surface area contributed by atoms with E-state index in [1.165, 1.54) is 12.8 Å². The fourth-order valence-corrected chi connectivity index (χ4v) is 3.16. The fraction of sp³-hybridized carbons (Fsp3) is 0.600. The van der Waals surface area contributed by atoms with Crippen molar-refractivity contribution in [2.24, 2.45) is 7.05 Å². The molecule has 8 heteroatoms. The summed E-state index contributed by atoms with van der Waals surface area (Å²) in [5.41, 5.74) is 2.01. The number of tetrazole rings is 1. The van der Waals surface area contributed by atoms with Crippen LogP contribution in [0.1, 0.15) is 30.1 Å². The molecule has 2 aromatic rings. The minimum atomic E-state index is 0.493. The third-order valence-corrected chi connectivity index (χ3v) is 4.40. The Morgan fingerprint density at radius 3 is 2.83 bits per heavy atom. The molecule has 0 spiro atoms. The molecule has 1 aliphatic rings. The van der Waals surface area contributed by atoms with Gasteiger partial charge < -0.3 is 0 Å². The highest BCUT2D eigenvalue weighted by Crippen LogP contribution is 2.37. The van der Waals surface area contributed by atoms with Crippen LogP contribution in [0.2, 0.25) is 5.15 Å². The van der Waals surface area contributed by atoms with E-state index in [9.17, 15) is 0 Å². The van der Waals surface area contributed by atoms with Crippen LogP contribution in [0.5, 0.6) is 0 Å². The maximum absolute atomic E-state index is 6.20. The van der Waals surface area contributed by atoms with Crippen molar-refractivity contribution in [3.8, 4) is 0 Å². The zero-order valence-corrected chi connectivity index (χ0v) is 11.7. The lowest BCUT2D eigenvalue weighted by atomic mass is 10.3. The van der Waals surface area contributed by atoms with Crippen molar-refractivity contribution in [3.05, 3.63) is 16.4 Å². The quantitative estimate of drug-likeness (QED) is 0.804. The SMILES string of the molecule is Cc1nn(C)c(Cl)c1CSc1nnnn1C1CC1. The van der Waals surface area contributed by atoms with Crippen LogP contribution in [-0.2, 0) is 12.8 Å². The second-order valence-corrected chi connectivity index (χ2v) is 5.70. The molecule has 0 radical (unpaired) electrons. The molecule has 3 rings (SSSR count). The van der Waals surface area contributed by atoms with E-state index in [4.69, 9.17) is 11.6 Å². The molecule has 1 aliphatic carbocycles. The van der Waals surface area contributed by atoms with Gasteiger partial charge in [0, 0.05) is 18.4 Å². The van der Waals surface area contributed by atoms with Gasteiger partial charge in [0.05, 0.1) is 11.7 Å². The van der Waals surface area contributed by atoms with Crippen molar-refractivity contribution in [2.45, 2.75) is 36.7 Å². The first-order valence-electron chi connectivity index (χ1n) is 5.75. The number of aromatic nitrogens is 6. The molecule has 0 bridgehead atoms. The Balaban J connectivity index is 1.75. The van der Waals surface area contributed by atoms with Crippen LogP contribution in [0, 0.1) is 6.92 Å². The van der Waals surface area contributed by atoms with Gasteiger partial charge in [-0.1, -0.05) is 23.4 Å². The van der Waals surface area contributed by atoms with E-state index in [0.717, 1.165) is 22.2 Å². The van der Waals surface area contributed by atoms with Gasteiger partial charge in [0.15, 0.2) is 0 Å². The Hall–Kier alpha value is -1.08. The number of halogens is 1. The van der Waals surface area contributed by atoms with Crippen molar-refractivity contribution >= 4 is 23.4 Å². The van der Waals surface area contributed by atoms with Crippen LogP contribution in [0.15, 0.2) is 5.16 Å². The highest BCUT2D eigenvalue weighted by Gasteiger charge is 2.28. The van der Waals surface area contributed by atoms with Gasteiger partial charge in [0.1, 0.15) is 5.15 Å². The van der Waals surface area contributed by atoms with E-state index in [1.807, 2.05) is 18.7 Å². The summed E-state index contributed by atoms with van der Waals surface area (Å²) in [5.74, 6) is 0.742. The van der Waals surface area contributed by atoms with Crippen molar-refractivity contribution in [3.63, 3.8) is 0 Å². The number of rotatable bonds is 4. The molecule has 0 saturated heterocycles. The first kappa shape index (κ1) is 12.0. The maximum atomic E-state index is 6.20. The largest absolute Gasteiger partial charge is 0.257 e. The fourth-order valence-electron chi connectivity index (χ4n) is 1.80. The smallest absolute Gasteiger partial charge is 0.209 e. The van der Waals surface area contributed by atoms with E-state index in [1.54, 1.807) is 16.4 Å². The van der Waals surface area contributed by atoms with Crippen molar-refractivity contribution in [1.29, 1.82) is 0 Å². The summed E-state index contributed by atoms with van der Waals surface area (Å²) in [6.07, 6.45) is 2.34. The lowest BCUT2D eigenvalue weighted by molar-refractivity contribution is 0.565. The normalized spacial score (nSPS) is 15.3. The van der Waals surface area contributed by atoms with E-state index in [0.29, 0.717) is 11.2 Å². The molecule has 0 aromatic carbocycles. The van der Waals surface area contributed by atoms with Gasteiger partial charge in [-0.25, -0.2) is 4.68 Å². The van der Waals surface area contributed by atoms with Crippen LogP contribution in [0.4, 0.5) is 0 Å².